The van der Waals surface area contributed by atoms with Crippen molar-refractivity contribution >= 4 is 12.1 Å². The molecule has 5 nitrogen and oxygen atoms in total. The summed E-state index contributed by atoms with van der Waals surface area (Å²) in [4.78, 5) is 25.4. The molecular weight excluding hydrogens is 246 g/mol. The minimum atomic E-state index is -0.475. The van der Waals surface area contributed by atoms with E-state index in [1.165, 1.54) is 7.11 Å². The zero-order valence-corrected chi connectivity index (χ0v) is 12.2. The van der Waals surface area contributed by atoms with Gasteiger partial charge in [-0.2, -0.15) is 0 Å². The number of carbonyl (C=O) groups excluding carboxylic acids is 2. The molecule has 0 aromatic heterocycles. The number of amides is 1. The highest BCUT2D eigenvalue weighted by atomic mass is 16.6. The van der Waals surface area contributed by atoms with Gasteiger partial charge in [-0.3, -0.25) is 4.79 Å². The van der Waals surface area contributed by atoms with Crippen LogP contribution in [0.25, 0.3) is 0 Å². The Morgan fingerprint density at radius 3 is 2.42 bits per heavy atom. The molecule has 1 saturated heterocycles. The lowest BCUT2D eigenvalue weighted by atomic mass is 9.71. The highest BCUT2D eigenvalue weighted by Gasteiger charge is 2.56. The van der Waals surface area contributed by atoms with Crippen LogP contribution in [0, 0.1) is 11.3 Å². The highest BCUT2D eigenvalue weighted by molar-refractivity contribution is 5.75. The van der Waals surface area contributed by atoms with Gasteiger partial charge >= 0.3 is 12.1 Å². The highest BCUT2D eigenvalue weighted by Crippen LogP contribution is 2.50. The van der Waals surface area contributed by atoms with Crippen LogP contribution in [-0.4, -0.2) is 42.8 Å². The molecule has 2 fully saturated rings. The summed E-state index contributed by atoms with van der Waals surface area (Å²) in [5.74, 6) is -0.197. The summed E-state index contributed by atoms with van der Waals surface area (Å²) in [5.41, 5.74) is -0.540. The third kappa shape index (κ3) is 2.69. The second kappa shape index (κ2) is 4.69. The molecule has 0 aromatic carbocycles. The van der Waals surface area contributed by atoms with Crippen LogP contribution in [0.4, 0.5) is 4.79 Å². The van der Waals surface area contributed by atoms with E-state index in [4.69, 9.17) is 9.47 Å². The van der Waals surface area contributed by atoms with Crippen molar-refractivity contribution in [1.82, 2.24) is 4.90 Å². The van der Waals surface area contributed by atoms with Crippen LogP contribution in [0.5, 0.6) is 0 Å². The summed E-state index contributed by atoms with van der Waals surface area (Å²) in [5, 5.41) is 0. The Labute approximate surface area is 114 Å². The molecule has 5 heteroatoms. The molecule has 1 aliphatic heterocycles. The summed E-state index contributed by atoms with van der Waals surface area (Å²) in [6.07, 6.45) is 2.61. The Morgan fingerprint density at radius 2 is 1.89 bits per heavy atom. The second-order valence-corrected chi connectivity index (χ2v) is 6.67. The van der Waals surface area contributed by atoms with E-state index in [0.717, 1.165) is 19.3 Å². The number of hydrogen-bond acceptors (Lipinski definition) is 4. The summed E-state index contributed by atoms with van der Waals surface area (Å²) < 4.78 is 10.2. The molecule has 0 aromatic rings. The van der Waals surface area contributed by atoms with Gasteiger partial charge in [0.15, 0.2) is 0 Å². The zero-order chi connectivity index (χ0) is 14.3. The van der Waals surface area contributed by atoms with E-state index in [-0.39, 0.29) is 23.4 Å². The molecule has 108 valence electrons. The molecule has 1 heterocycles. The summed E-state index contributed by atoms with van der Waals surface area (Å²) in [6, 6.07) is 0. The molecule has 1 aliphatic carbocycles. The van der Waals surface area contributed by atoms with Gasteiger partial charge in [-0.15, -0.1) is 0 Å². The predicted molar refractivity (Wildman–Crippen MR) is 69.6 cm³/mol. The summed E-state index contributed by atoms with van der Waals surface area (Å²) in [7, 11) is 1.43. The number of hydrogen-bond donors (Lipinski definition) is 0. The first-order chi connectivity index (χ1) is 8.77. The maximum Gasteiger partial charge on any atom is 0.410 e. The topological polar surface area (TPSA) is 55.8 Å². The molecule has 1 unspecified atom stereocenters. The lowest BCUT2D eigenvalue weighted by Gasteiger charge is -2.50. The molecule has 0 radical (unpaired) electrons. The number of nitrogens with zero attached hydrogens (tertiary/aromatic N) is 1. The molecule has 1 spiro atoms. The largest absolute Gasteiger partial charge is 0.469 e. The van der Waals surface area contributed by atoms with Crippen molar-refractivity contribution in [3.63, 3.8) is 0 Å². The predicted octanol–water partition coefficient (Wildman–Crippen LogP) is 2.20. The van der Waals surface area contributed by atoms with Gasteiger partial charge in [-0.25, -0.2) is 4.79 Å². The Balaban J connectivity index is 1.94. The molecule has 1 saturated carbocycles. The SMILES string of the molecule is COC(=O)C1CCCC12CN(C(=O)OC(C)(C)C)C2. The average molecular weight is 269 g/mol. The number of carbonyl (C=O) groups is 2. The molecule has 2 aliphatic rings. The Morgan fingerprint density at radius 1 is 1.26 bits per heavy atom. The number of ether oxygens (including phenoxy) is 2. The van der Waals surface area contributed by atoms with Crippen LogP contribution in [0.2, 0.25) is 0 Å². The van der Waals surface area contributed by atoms with Crippen molar-refractivity contribution in [3.05, 3.63) is 0 Å². The number of esters is 1. The van der Waals surface area contributed by atoms with Crippen molar-refractivity contribution in [2.24, 2.45) is 11.3 Å². The fraction of sp³-hybridized carbons (Fsp3) is 0.857. The van der Waals surface area contributed by atoms with E-state index in [9.17, 15) is 9.59 Å². The van der Waals surface area contributed by atoms with Gasteiger partial charge in [-0.1, -0.05) is 6.42 Å². The average Bonchev–Trinajstić information content (AvgIpc) is 2.67. The monoisotopic (exact) mass is 269 g/mol. The van der Waals surface area contributed by atoms with E-state index in [1.807, 2.05) is 20.8 Å². The normalized spacial score (nSPS) is 25.1. The summed E-state index contributed by atoms with van der Waals surface area (Å²) in [6.45, 7) is 6.79. The lowest BCUT2D eigenvalue weighted by Crippen LogP contribution is -2.61. The maximum atomic E-state index is 11.9. The van der Waals surface area contributed by atoms with E-state index >= 15 is 0 Å². The standard InChI is InChI=1S/C14H23NO4/c1-13(2,3)19-12(17)15-8-14(9-15)7-5-6-10(14)11(16)18-4/h10H,5-9H2,1-4H3. The molecule has 1 amide bonds. The molecular formula is C14H23NO4. The smallest absolute Gasteiger partial charge is 0.410 e. The van der Waals surface area contributed by atoms with Crippen LogP contribution in [0.3, 0.4) is 0 Å². The molecule has 2 rings (SSSR count). The quantitative estimate of drug-likeness (QED) is 0.685. The van der Waals surface area contributed by atoms with Crippen molar-refractivity contribution in [2.45, 2.75) is 45.6 Å². The molecule has 0 bridgehead atoms. The second-order valence-electron chi connectivity index (χ2n) is 6.67. The first-order valence-electron chi connectivity index (χ1n) is 6.83. The molecule has 19 heavy (non-hydrogen) atoms. The fourth-order valence-corrected chi connectivity index (χ4v) is 3.20. The lowest BCUT2D eigenvalue weighted by molar-refractivity contribution is -0.154. The maximum absolute atomic E-state index is 11.9. The number of rotatable bonds is 1. The van der Waals surface area contributed by atoms with Crippen molar-refractivity contribution in [2.75, 3.05) is 20.2 Å². The first-order valence-corrected chi connectivity index (χ1v) is 6.83. The Bertz CT molecular complexity index is 379. The van der Waals surface area contributed by atoms with Crippen LogP contribution >= 0.6 is 0 Å². The first kappa shape index (κ1) is 14.2. The van der Waals surface area contributed by atoms with Crippen molar-refractivity contribution in [1.29, 1.82) is 0 Å². The number of likely N-dealkylation sites (tertiary alicyclic amines) is 1. The van der Waals surface area contributed by atoms with Gasteiger partial charge in [0.05, 0.1) is 13.0 Å². The third-order valence-electron chi connectivity index (χ3n) is 4.06. The summed E-state index contributed by atoms with van der Waals surface area (Å²) >= 11 is 0. The fourth-order valence-electron chi connectivity index (χ4n) is 3.20. The van der Waals surface area contributed by atoms with Crippen LogP contribution < -0.4 is 0 Å². The van der Waals surface area contributed by atoms with Gasteiger partial charge in [0.1, 0.15) is 5.60 Å². The molecule has 1 atom stereocenters. The molecule has 0 N–H and O–H groups in total. The van der Waals surface area contributed by atoms with Crippen LogP contribution in [0.15, 0.2) is 0 Å². The van der Waals surface area contributed by atoms with Crippen molar-refractivity contribution in [3.8, 4) is 0 Å². The van der Waals surface area contributed by atoms with Gasteiger partial charge in [-0.05, 0) is 33.6 Å². The van der Waals surface area contributed by atoms with Gasteiger partial charge in [0.25, 0.3) is 0 Å². The zero-order valence-electron chi connectivity index (χ0n) is 12.2. The minimum Gasteiger partial charge on any atom is -0.469 e. The van der Waals surface area contributed by atoms with E-state index in [0.29, 0.717) is 13.1 Å². The van der Waals surface area contributed by atoms with Gasteiger partial charge in [0.2, 0.25) is 0 Å². The number of methoxy groups -OCH3 is 1. The van der Waals surface area contributed by atoms with E-state index < -0.39 is 5.60 Å². The van der Waals surface area contributed by atoms with E-state index in [1.54, 1.807) is 4.90 Å². The van der Waals surface area contributed by atoms with Crippen LogP contribution in [0.1, 0.15) is 40.0 Å². The van der Waals surface area contributed by atoms with Gasteiger partial charge < -0.3 is 14.4 Å². The van der Waals surface area contributed by atoms with E-state index in [2.05, 4.69) is 0 Å². The minimum absolute atomic E-state index is 0.0591. The van der Waals surface area contributed by atoms with Gasteiger partial charge in [0, 0.05) is 18.5 Å². The van der Waals surface area contributed by atoms with Crippen molar-refractivity contribution < 1.29 is 19.1 Å². The Hall–Kier alpha value is -1.26. The Kier molecular flexibility index (Phi) is 3.49. The van der Waals surface area contributed by atoms with Crippen LogP contribution in [-0.2, 0) is 14.3 Å². The third-order valence-corrected chi connectivity index (χ3v) is 4.06.